The van der Waals surface area contributed by atoms with Crippen LogP contribution in [0.25, 0.3) is 76.3 Å². The van der Waals surface area contributed by atoms with Gasteiger partial charge in [-0.15, -0.1) is 0 Å². The Balaban J connectivity index is 1.07. The molecule has 0 amide bonds. The zero-order valence-electron chi connectivity index (χ0n) is 42.4. The molecule has 350 valence electrons. The Bertz CT molecular complexity index is 3950. The van der Waals surface area contributed by atoms with Gasteiger partial charge in [-0.25, -0.2) is 4.85 Å². The highest BCUT2D eigenvalue weighted by Gasteiger charge is 2.62. The molecule has 2 nitrogen and oxygen atoms in total. The average Bonchev–Trinajstić information content (AvgIpc) is 4.01. The summed E-state index contributed by atoms with van der Waals surface area (Å²) in [6.07, 6.45) is 6.87. The van der Waals surface area contributed by atoms with Crippen LogP contribution in [-0.2, 0) is 5.41 Å². The molecule has 6 bridgehead atoms. The van der Waals surface area contributed by atoms with Crippen molar-refractivity contribution in [2.45, 2.75) is 109 Å². The summed E-state index contributed by atoms with van der Waals surface area (Å²) in [6.45, 7) is 23.3. The smallest absolute Gasteiger partial charge is 0.193 e. The van der Waals surface area contributed by atoms with Crippen molar-refractivity contribution in [3.05, 3.63) is 212 Å². The van der Waals surface area contributed by atoms with Crippen LogP contribution in [0.2, 0.25) is 0 Å². The maximum atomic E-state index is 9.03. The zero-order chi connectivity index (χ0) is 48.2. The van der Waals surface area contributed by atoms with Gasteiger partial charge in [-0.2, -0.15) is 0 Å². The molecule has 18 rings (SSSR count). The minimum absolute atomic E-state index is 0.0154. The SMILES string of the molecule is [C-]#[N+]c1cc2c(c3c1C1c4ccccc4C3c3ccccc31)c1cc(-c3c(C(C)C)cc(C(C)C)cc3C(C)C)cc3c4cc5c(cc4n2c31)-c1cc(-c2ccccc2)ccc1C51C2CC3CC(C2)CC1C3. The van der Waals surface area contributed by atoms with Crippen molar-refractivity contribution in [1.82, 2.24) is 4.40 Å². The van der Waals surface area contributed by atoms with E-state index in [4.69, 9.17) is 6.57 Å². The first-order valence-electron chi connectivity index (χ1n) is 27.4. The molecule has 2 aromatic heterocycles. The summed E-state index contributed by atoms with van der Waals surface area (Å²) in [4.78, 5) is 4.53. The number of hydrogen-bond donors (Lipinski definition) is 0. The van der Waals surface area contributed by atoms with Gasteiger partial charge in [0.15, 0.2) is 5.69 Å². The monoisotopic (exact) mass is 928 g/mol. The van der Waals surface area contributed by atoms with Crippen LogP contribution < -0.4 is 0 Å². The summed E-state index contributed by atoms with van der Waals surface area (Å²) in [7, 11) is 0. The molecular formula is C70H60N2. The first kappa shape index (κ1) is 41.6. The van der Waals surface area contributed by atoms with E-state index in [2.05, 4.69) is 190 Å². The topological polar surface area (TPSA) is 8.77 Å². The third kappa shape index (κ3) is 5.11. The van der Waals surface area contributed by atoms with Crippen molar-refractivity contribution in [1.29, 1.82) is 0 Å². The van der Waals surface area contributed by atoms with Gasteiger partial charge < -0.3 is 4.40 Å². The Hall–Kier alpha value is -6.95. The third-order valence-electron chi connectivity index (χ3n) is 20.0. The molecule has 0 radical (unpaired) electrons. The third-order valence-corrected chi connectivity index (χ3v) is 20.0. The minimum Gasteiger partial charge on any atom is -0.309 e. The molecule has 8 aliphatic carbocycles. The quantitative estimate of drug-likeness (QED) is 0.152. The lowest BCUT2D eigenvalue weighted by Crippen LogP contribution is -2.55. The van der Waals surface area contributed by atoms with Gasteiger partial charge in [0.1, 0.15) is 0 Å². The highest BCUT2D eigenvalue weighted by Crippen LogP contribution is 2.70. The number of nitrogens with zero attached hydrogens (tertiary/aromatic N) is 2. The molecule has 2 heterocycles. The summed E-state index contributed by atoms with van der Waals surface area (Å²) in [6, 6.07) is 55.0. The van der Waals surface area contributed by atoms with Gasteiger partial charge in [-0.3, -0.25) is 0 Å². The van der Waals surface area contributed by atoms with Crippen LogP contribution in [0.15, 0.2) is 140 Å². The van der Waals surface area contributed by atoms with Gasteiger partial charge in [0, 0.05) is 44.3 Å². The average molecular weight is 929 g/mol. The Morgan fingerprint density at radius 1 is 0.500 bits per heavy atom. The summed E-state index contributed by atoms with van der Waals surface area (Å²) in [5, 5.41) is 5.39. The lowest BCUT2D eigenvalue weighted by atomic mass is 9.43. The first-order chi connectivity index (χ1) is 35.1. The fourth-order valence-electron chi connectivity index (χ4n) is 17.4. The lowest BCUT2D eigenvalue weighted by Gasteiger charge is -2.61. The van der Waals surface area contributed by atoms with E-state index < -0.39 is 0 Å². The van der Waals surface area contributed by atoms with Crippen molar-refractivity contribution in [2.24, 2.45) is 23.7 Å². The van der Waals surface area contributed by atoms with Gasteiger partial charge in [-0.1, -0.05) is 145 Å². The molecule has 0 saturated heterocycles. The maximum absolute atomic E-state index is 9.03. The second-order valence-electron chi connectivity index (χ2n) is 24.4. The number of rotatable bonds is 5. The van der Waals surface area contributed by atoms with E-state index in [1.165, 1.54) is 154 Å². The molecule has 8 aliphatic rings. The Kier molecular flexibility index (Phi) is 8.32. The normalized spacial score (nSPS) is 23.8. The molecule has 1 spiro atoms. The van der Waals surface area contributed by atoms with Crippen molar-refractivity contribution < 1.29 is 0 Å². The van der Waals surface area contributed by atoms with E-state index >= 15 is 0 Å². The number of aromatic nitrogens is 1. The van der Waals surface area contributed by atoms with E-state index in [9.17, 15) is 0 Å². The molecule has 72 heavy (non-hydrogen) atoms. The highest BCUT2D eigenvalue weighted by atomic mass is 14.9. The van der Waals surface area contributed by atoms with Gasteiger partial charge in [0.2, 0.25) is 0 Å². The molecule has 4 saturated carbocycles. The minimum atomic E-state index is 0.0154. The molecule has 2 heteroatoms. The summed E-state index contributed by atoms with van der Waals surface area (Å²) < 4.78 is 2.64. The van der Waals surface area contributed by atoms with Crippen molar-refractivity contribution in [2.75, 3.05) is 0 Å². The molecule has 0 atom stereocenters. The summed E-state index contributed by atoms with van der Waals surface area (Å²) in [5.74, 6) is 4.27. The molecular weight excluding hydrogens is 869 g/mol. The molecule has 4 fully saturated rings. The molecule has 0 unspecified atom stereocenters. The predicted octanol–water partition coefficient (Wildman–Crippen LogP) is 18.8. The summed E-state index contributed by atoms with van der Waals surface area (Å²) >= 11 is 0. The van der Waals surface area contributed by atoms with Gasteiger partial charge >= 0.3 is 0 Å². The van der Waals surface area contributed by atoms with Crippen LogP contribution in [0.4, 0.5) is 5.69 Å². The molecule has 0 aliphatic heterocycles. The second kappa shape index (κ2) is 14.4. The van der Waals surface area contributed by atoms with E-state index in [-0.39, 0.29) is 17.3 Å². The molecule has 8 aromatic carbocycles. The van der Waals surface area contributed by atoms with Gasteiger partial charge in [-0.05, 0) is 205 Å². The maximum Gasteiger partial charge on any atom is 0.193 e. The van der Waals surface area contributed by atoms with E-state index in [0.29, 0.717) is 29.6 Å². The molecule has 10 aromatic rings. The standard InChI is InChI=1S/C70H60N2/c1-36(2)43-29-51(37(3)4)63(52(30-43)38(5)6)44-31-56-55-33-59-54(53-28-42(41-15-9-8-10-16-41)21-22-58(53)70(59)45-24-39-23-40(26-45)27-46(70)25-39)34-61(55)72-62-35-60(71-7)67-64-47-17-11-13-19-49(47)65(50-20-14-12-18-48(50)64)68(67)66(62)57(32-44)69(56)72/h8-22,28-40,45-46,64-65H,23-27H2,1-6H3. The van der Waals surface area contributed by atoms with Crippen LogP contribution in [0.1, 0.15) is 164 Å². The van der Waals surface area contributed by atoms with Gasteiger partial charge in [0.05, 0.1) is 17.6 Å². The van der Waals surface area contributed by atoms with Crippen LogP contribution >= 0.6 is 0 Å². The van der Waals surface area contributed by atoms with E-state index in [1.54, 1.807) is 11.1 Å². The van der Waals surface area contributed by atoms with Crippen LogP contribution in [-0.4, -0.2) is 4.40 Å². The van der Waals surface area contributed by atoms with Crippen molar-refractivity contribution >= 4 is 43.8 Å². The van der Waals surface area contributed by atoms with Crippen LogP contribution in [0, 0.1) is 30.2 Å². The Morgan fingerprint density at radius 2 is 1.08 bits per heavy atom. The molecule has 0 N–H and O–H groups in total. The predicted molar refractivity (Wildman–Crippen MR) is 299 cm³/mol. The highest BCUT2D eigenvalue weighted by molar-refractivity contribution is 6.27. The van der Waals surface area contributed by atoms with Crippen LogP contribution in [0.5, 0.6) is 0 Å². The van der Waals surface area contributed by atoms with E-state index in [0.717, 1.165) is 17.5 Å². The number of hydrogen-bond acceptors (Lipinski definition) is 0. The lowest BCUT2D eigenvalue weighted by molar-refractivity contribution is -0.0398. The Labute approximate surface area is 423 Å². The fraction of sp³-hybridized carbons (Fsp3) is 0.300. The largest absolute Gasteiger partial charge is 0.309 e. The second-order valence-corrected chi connectivity index (χ2v) is 24.4. The van der Waals surface area contributed by atoms with E-state index in [1.807, 2.05) is 0 Å². The first-order valence-corrected chi connectivity index (χ1v) is 27.4. The summed E-state index contributed by atoms with van der Waals surface area (Å²) in [5.41, 5.74) is 28.4. The van der Waals surface area contributed by atoms with Crippen molar-refractivity contribution in [3.8, 4) is 33.4 Å². The number of fused-ring (bicyclic) bond motifs is 9. The van der Waals surface area contributed by atoms with Crippen LogP contribution in [0.3, 0.4) is 0 Å². The number of benzene rings is 8. The fourth-order valence-corrected chi connectivity index (χ4v) is 17.4. The Morgan fingerprint density at radius 3 is 1.68 bits per heavy atom. The van der Waals surface area contributed by atoms with Gasteiger partial charge in [0.25, 0.3) is 0 Å². The van der Waals surface area contributed by atoms with Crippen molar-refractivity contribution in [3.63, 3.8) is 0 Å². The zero-order valence-corrected chi connectivity index (χ0v) is 42.4.